The molecule has 2 heterocycles. The molecule has 1 N–H and O–H groups in total. The van der Waals surface area contributed by atoms with Crippen molar-refractivity contribution in [3.8, 4) is 0 Å². The Morgan fingerprint density at radius 2 is 2.25 bits per heavy atom. The van der Waals surface area contributed by atoms with Crippen LogP contribution in [0.3, 0.4) is 0 Å². The predicted octanol–water partition coefficient (Wildman–Crippen LogP) is 0.616. The number of carboxylic acids is 1. The summed E-state index contributed by atoms with van der Waals surface area (Å²) >= 11 is 0. The summed E-state index contributed by atoms with van der Waals surface area (Å²) in [5.74, 6) is -1.04. The Balaban J connectivity index is 2.52. The van der Waals surface area contributed by atoms with E-state index in [1.807, 2.05) is 0 Å². The molecule has 1 aliphatic rings. The van der Waals surface area contributed by atoms with Crippen LogP contribution >= 0.6 is 0 Å². The van der Waals surface area contributed by atoms with Crippen molar-refractivity contribution in [2.24, 2.45) is 4.99 Å². The van der Waals surface area contributed by atoms with E-state index in [9.17, 15) is 9.59 Å². The van der Waals surface area contributed by atoms with E-state index in [-0.39, 0.29) is 11.1 Å². The van der Waals surface area contributed by atoms with Crippen molar-refractivity contribution in [1.29, 1.82) is 0 Å². The van der Waals surface area contributed by atoms with E-state index in [1.54, 1.807) is 25.3 Å². The third-order valence-corrected chi connectivity index (χ3v) is 2.45. The molecule has 1 atom stereocenters. The topological polar surface area (TPSA) is 71.7 Å². The first-order valence-corrected chi connectivity index (χ1v) is 4.72. The van der Waals surface area contributed by atoms with Gasteiger partial charge in [0.1, 0.15) is 0 Å². The van der Waals surface area contributed by atoms with E-state index in [1.165, 1.54) is 22.9 Å². The van der Waals surface area contributed by atoms with Gasteiger partial charge < -0.3 is 5.11 Å². The van der Waals surface area contributed by atoms with E-state index in [2.05, 4.69) is 4.99 Å². The van der Waals surface area contributed by atoms with Gasteiger partial charge in [0, 0.05) is 18.5 Å². The lowest BCUT2D eigenvalue weighted by molar-refractivity contribution is -0.132. The zero-order valence-electron chi connectivity index (χ0n) is 8.62. The number of aliphatic imine (C=N–C) groups is 1. The van der Waals surface area contributed by atoms with Crippen molar-refractivity contribution in [2.75, 3.05) is 0 Å². The summed E-state index contributed by atoms with van der Waals surface area (Å²) in [5, 5.41) is 8.81. The first-order valence-electron chi connectivity index (χ1n) is 4.72. The SMILES string of the molecule is CC1(n2ccccc2=O)C=C(C(=O)O)C=N1. The third-order valence-electron chi connectivity index (χ3n) is 2.45. The van der Waals surface area contributed by atoms with Crippen LogP contribution in [-0.4, -0.2) is 21.9 Å². The summed E-state index contributed by atoms with van der Waals surface area (Å²) in [6, 6.07) is 4.74. The fraction of sp³-hybridized carbons (Fsp3) is 0.182. The number of carboxylic acid groups (broad SMARTS) is 1. The van der Waals surface area contributed by atoms with Crippen LogP contribution in [0.25, 0.3) is 0 Å². The van der Waals surface area contributed by atoms with Gasteiger partial charge in [-0.2, -0.15) is 0 Å². The van der Waals surface area contributed by atoms with Crippen LogP contribution in [0.15, 0.2) is 45.8 Å². The Labute approximate surface area is 91.4 Å². The van der Waals surface area contributed by atoms with Crippen LogP contribution in [-0.2, 0) is 10.5 Å². The molecule has 0 saturated carbocycles. The Kier molecular flexibility index (Phi) is 2.23. The van der Waals surface area contributed by atoms with Crippen LogP contribution in [0, 0.1) is 0 Å². The molecule has 5 heteroatoms. The number of aliphatic carboxylic acids is 1. The lowest BCUT2D eigenvalue weighted by Crippen LogP contribution is -2.33. The number of carbonyl (C=O) groups is 1. The van der Waals surface area contributed by atoms with Crippen molar-refractivity contribution >= 4 is 12.2 Å². The summed E-state index contributed by atoms with van der Waals surface area (Å²) in [6.45, 7) is 1.68. The molecule has 16 heavy (non-hydrogen) atoms. The second-order valence-corrected chi connectivity index (χ2v) is 3.67. The van der Waals surface area contributed by atoms with Gasteiger partial charge in [-0.3, -0.25) is 14.4 Å². The number of pyridine rings is 1. The maximum atomic E-state index is 11.6. The van der Waals surface area contributed by atoms with Crippen LogP contribution in [0.5, 0.6) is 0 Å². The quantitative estimate of drug-likeness (QED) is 0.790. The van der Waals surface area contributed by atoms with Gasteiger partial charge in [-0.15, -0.1) is 0 Å². The highest BCUT2D eigenvalue weighted by Crippen LogP contribution is 2.24. The smallest absolute Gasteiger partial charge is 0.337 e. The zero-order chi connectivity index (χ0) is 11.8. The summed E-state index contributed by atoms with van der Waals surface area (Å²) in [6.07, 6.45) is 4.31. The highest BCUT2D eigenvalue weighted by molar-refractivity contribution is 6.10. The van der Waals surface area contributed by atoms with Gasteiger partial charge in [-0.25, -0.2) is 4.79 Å². The minimum Gasteiger partial charge on any atom is -0.478 e. The Bertz CT molecular complexity index is 556. The van der Waals surface area contributed by atoms with Gasteiger partial charge in [-0.1, -0.05) is 6.07 Å². The van der Waals surface area contributed by atoms with E-state index in [4.69, 9.17) is 5.11 Å². The Morgan fingerprint density at radius 3 is 2.81 bits per heavy atom. The molecule has 2 rings (SSSR count). The van der Waals surface area contributed by atoms with Gasteiger partial charge in [0.05, 0.1) is 5.57 Å². The standard InChI is InChI=1S/C11H10N2O3/c1-11(6-8(7-12-11)10(15)16)13-5-3-2-4-9(13)14/h2-7H,1H3,(H,15,16). The molecule has 1 aromatic rings. The lowest BCUT2D eigenvalue weighted by Gasteiger charge is -2.21. The normalized spacial score (nSPS) is 23.2. The van der Waals surface area contributed by atoms with Crippen LogP contribution in [0.1, 0.15) is 6.92 Å². The fourth-order valence-corrected chi connectivity index (χ4v) is 1.62. The molecule has 0 fully saturated rings. The second kappa shape index (κ2) is 3.44. The van der Waals surface area contributed by atoms with Crippen molar-refractivity contribution in [3.05, 3.63) is 46.4 Å². The molecule has 1 unspecified atom stereocenters. The summed E-state index contributed by atoms with van der Waals surface area (Å²) in [7, 11) is 0. The first kappa shape index (κ1) is 10.4. The average molecular weight is 218 g/mol. The molecule has 5 nitrogen and oxygen atoms in total. The van der Waals surface area contributed by atoms with Crippen LogP contribution < -0.4 is 5.56 Å². The maximum absolute atomic E-state index is 11.6. The first-order chi connectivity index (χ1) is 7.53. The predicted molar refractivity (Wildman–Crippen MR) is 58.6 cm³/mol. The summed E-state index contributed by atoms with van der Waals surface area (Å²) < 4.78 is 1.39. The molecule has 1 aliphatic heterocycles. The van der Waals surface area contributed by atoms with E-state index < -0.39 is 11.6 Å². The molecule has 0 bridgehead atoms. The average Bonchev–Trinajstić information content (AvgIpc) is 2.63. The lowest BCUT2D eigenvalue weighted by atomic mass is 10.1. The van der Waals surface area contributed by atoms with E-state index in [0.29, 0.717) is 0 Å². The minimum atomic E-state index is -1.04. The molecule has 0 radical (unpaired) electrons. The van der Waals surface area contributed by atoms with Gasteiger partial charge in [0.15, 0.2) is 5.66 Å². The molecular formula is C11H10N2O3. The molecule has 0 saturated heterocycles. The highest BCUT2D eigenvalue weighted by Gasteiger charge is 2.29. The molecular weight excluding hydrogens is 208 g/mol. The van der Waals surface area contributed by atoms with Crippen molar-refractivity contribution < 1.29 is 9.90 Å². The summed E-state index contributed by atoms with van der Waals surface area (Å²) in [4.78, 5) is 26.4. The molecule has 82 valence electrons. The van der Waals surface area contributed by atoms with Gasteiger partial charge >= 0.3 is 5.97 Å². The number of aromatic nitrogens is 1. The zero-order valence-corrected chi connectivity index (χ0v) is 8.62. The van der Waals surface area contributed by atoms with E-state index in [0.717, 1.165) is 0 Å². The minimum absolute atomic E-state index is 0.0956. The van der Waals surface area contributed by atoms with Gasteiger partial charge in [-0.05, 0) is 19.1 Å². The van der Waals surface area contributed by atoms with Gasteiger partial charge in [0.2, 0.25) is 0 Å². The highest BCUT2D eigenvalue weighted by atomic mass is 16.4. The number of hydrogen-bond donors (Lipinski definition) is 1. The molecule has 0 amide bonds. The molecule has 0 aliphatic carbocycles. The van der Waals surface area contributed by atoms with Crippen molar-refractivity contribution in [3.63, 3.8) is 0 Å². The Hall–Kier alpha value is -2.17. The van der Waals surface area contributed by atoms with Crippen molar-refractivity contribution in [1.82, 2.24) is 4.57 Å². The second-order valence-electron chi connectivity index (χ2n) is 3.67. The Morgan fingerprint density at radius 1 is 1.50 bits per heavy atom. The molecule has 0 aromatic carbocycles. The summed E-state index contributed by atoms with van der Waals surface area (Å²) in [5.41, 5.74) is -1.06. The largest absolute Gasteiger partial charge is 0.478 e. The van der Waals surface area contributed by atoms with Crippen LogP contribution in [0.2, 0.25) is 0 Å². The number of rotatable bonds is 2. The van der Waals surface area contributed by atoms with Crippen LogP contribution in [0.4, 0.5) is 0 Å². The molecule has 0 spiro atoms. The fourth-order valence-electron chi connectivity index (χ4n) is 1.62. The van der Waals surface area contributed by atoms with E-state index >= 15 is 0 Å². The number of hydrogen-bond acceptors (Lipinski definition) is 3. The number of nitrogens with zero attached hydrogens (tertiary/aromatic N) is 2. The van der Waals surface area contributed by atoms with Gasteiger partial charge in [0.25, 0.3) is 5.56 Å². The third kappa shape index (κ3) is 1.56. The maximum Gasteiger partial charge on any atom is 0.337 e. The monoisotopic (exact) mass is 218 g/mol. The van der Waals surface area contributed by atoms with Crippen molar-refractivity contribution in [2.45, 2.75) is 12.6 Å². The molecule has 1 aromatic heterocycles.